The average molecular weight is 258 g/mol. The second kappa shape index (κ2) is 4.28. The van der Waals surface area contributed by atoms with Crippen molar-refractivity contribution in [2.24, 2.45) is 0 Å². The minimum Gasteiger partial charge on any atom is -0.481 e. The van der Waals surface area contributed by atoms with Crippen LogP contribution >= 0.6 is 15.9 Å². The summed E-state index contributed by atoms with van der Waals surface area (Å²) < 4.78 is 11.6. The van der Waals surface area contributed by atoms with Crippen LogP contribution in [0.1, 0.15) is 17.9 Å². The van der Waals surface area contributed by atoms with E-state index in [0.717, 1.165) is 29.7 Å². The van der Waals surface area contributed by atoms with Crippen LogP contribution in [-0.2, 0) is 4.74 Å². The Hall–Kier alpha value is -0.610. The first kappa shape index (κ1) is 9.93. The van der Waals surface area contributed by atoms with E-state index in [0.29, 0.717) is 11.8 Å². The fraction of sp³-hybridized carbons (Fsp3) is 0.500. The molecule has 2 rings (SSSR count). The molecule has 1 fully saturated rings. The number of aromatic nitrogens is 1. The van der Waals surface area contributed by atoms with Gasteiger partial charge in [-0.2, -0.15) is 0 Å². The maximum atomic E-state index is 5.35. The molecule has 3 nitrogen and oxygen atoms in total. The lowest BCUT2D eigenvalue weighted by molar-refractivity contribution is 0.193. The van der Waals surface area contributed by atoms with Crippen LogP contribution in [0.2, 0.25) is 0 Å². The lowest BCUT2D eigenvalue weighted by atomic mass is 10.00. The lowest BCUT2D eigenvalue weighted by Crippen LogP contribution is -2.02. The molecular weight excluding hydrogens is 246 g/mol. The van der Waals surface area contributed by atoms with E-state index in [1.165, 1.54) is 0 Å². The summed E-state index contributed by atoms with van der Waals surface area (Å²) in [6.07, 6.45) is 2.80. The van der Waals surface area contributed by atoms with E-state index < -0.39 is 0 Å². The molecule has 1 unspecified atom stereocenters. The fourth-order valence-electron chi connectivity index (χ4n) is 1.69. The summed E-state index contributed by atoms with van der Waals surface area (Å²) in [5.41, 5.74) is 1.14. The zero-order valence-corrected chi connectivity index (χ0v) is 9.58. The largest absolute Gasteiger partial charge is 0.481 e. The van der Waals surface area contributed by atoms with E-state index >= 15 is 0 Å². The normalized spacial score (nSPS) is 21.1. The Morgan fingerprint density at radius 1 is 1.64 bits per heavy atom. The Morgan fingerprint density at radius 2 is 2.50 bits per heavy atom. The summed E-state index contributed by atoms with van der Waals surface area (Å²) >= 11 is 3.41. The van der Waals surface area contributed by atoms with Gasteiger partial charge in [0, 0.05) is 28.8 Å². The van der Waals surface area contributed by atoms with Crippen molar-refractivity contribution in [2.45, 2.75) is 12.3 Å². The number of methoxy groups -OCH3 is 1. The SMILES string of the molecule is COc1ncc(Br)cc1C1CCOC1. The summed E-state index contributed by atoms with van der Waals surface area (Å²) in [5.74, 6) is 1.14. The molecule has 1 aromatic rings. The minimum atomic E-state index is 0.426. The zero-order chi connectivity index (χ0) is 9.97. The number of pyridine rings is 1. The van der Waals surface area contributed by atoms with Crippen molar-refractivity contribution in [3.8, 4) is 5.88 Å². The molecule has 14 heavy (non-hydrogen) atoms. The van der Waals surface area contributed by atoms with Gasteiger partial charge in [-0.25, -0.2) is 4.98 Å². The Bertz CT molecular complexity index is 324. The Morgan fingerprint density at radius 3 is 3.14 bits per heavy atom. The molecular formula is C10H12BrNO2. The molecule has 76 valence electrons. The van der Waals surface area contributed by atoms with Crippen LogP contribution in [0.25, 0.3) is 0 Å². The van der Waals surface area contributed by atoms with Gasteiger partial charge in [0.05, 0.1) is 13.7 Å². The molecule has 0 amide bonds. The molecule has 1 aromatic heterocycles. The van der Waals surface area contributed by atoms with Crippen molar-refractivity contribution < 1.29 is 9.47 Å². The van der Waals surface area contributed by atoms with Gasteiger partial charge >= 0.3 is 0 Å². The minimum absolute atomic E-state index is 0.426. The number of hydrogen-bond donors (Lipinski definition) is 0. The van der Waals surface area contributed by atoms with Gasteiger partial charge in [0.1, 0.15) is 0 Å². The molecule has 0 saturated carbocycles. The van der Waals surface area contributed by atoms with Crippen molar-refractivity contribution in [2.75, 3.05) is 20.3 Å². The molecule has 1 aliphatic heterocycles. The van der Waals surface area contributed by atoms with Gasteiger partial charge < -0.3 is 9.47 Å². The molecule has 0 radical (unpaired) electrons. The van der Waals surface area contributed by atoms with E-state index in [9.17, 15) is 0 Å². The highest BCUT2D eigenvalue weighted by Gasteiger charge is 2.22. The number of halogens is 1. The molecule has 1 aliphatic rings. The standard InChI is InChI=1S/C10H12BrNO2/c1-13-10-9(4-8(11)5-12-10)7-2-3-14-6-7/h4-5,7H,2-3,6H2,1H3. The molecule has 0 aromatic carbocycles. The highest BCUT2D eigenvalue weighted by atomic mass is 79.9. The Kier molecular flexibility index (Phi) is 3.03. The number of ether oxygens (including phenoxy) is 2. The van der Waals surface area contributed by atoms with Crippen LogP contribution < -0.4 is 4.74 Å². The quantitative estimate of drug-likeness (QED) is 0.816. The Balaban J connectivity index is 2.33. The van der Waals surface area contributed by atoms with Crippen molar-refractivity contribution in [1.82, 2.24) is 4.98 Å². The number of hydrogen-bond acceptors (Lipinski definition) is 3. The predicted octanol–water partition coefficient (Wildman–Crippen LogP) is 2.36. The van der Waals surface area contributed by atoms with Crippen molar-refractivity contribution in [1.29, 1.82) is 0 Å². The van der Waals surface area contributed by atoms with Crippen LogP contribution in [-0.4, -0.2) is 25.3 Å². The molecule has 4 heteroatoms. The van der Waals surface area contributed by atoms with Gasteiger partial charge in [-0.3, -0.25) is 0 Å². The first-order chi connectivity index (χ1) is 6.81. The van der Waals surface area contributed by atoms with Crippen molar-refractivity contribution >= 4 is 15.9 Å². The van der Waals surface area contributed by atoms with Crippen LogP contribution in [0.4, 0.5) is 0 Å². The molecule has 1 atom stereocenters. The topological polar surface area (TPSA) is 31.4 Å². The van der Waals surface area contributed by atoms with E-state index in [4.69, 9.17) is 9.47 Å². The molecule has 2 heterocycles. The second-order valence-corrected chi connectivity index (χ2v) is 4.23. The first-order valence-corrected chi connectivity index (χ1v) is 5.37. The Labute approximate surface area is 91.6 Å². The van der Waals surface area contributed by atoms with E-state index in [-0.39, 0.29) is 0 Å². The highest BCUT2D eigenvalue weighted by molar-refractivity contribution is 9.10. The van der Waals surface area contributed by atoms with Crippen LogP contribution in [0, 0.1) is 0 Å². The predicted molar refractivity (Wildman–Crippen MR) is 56.7 cm³/mol. The highest BCUT2D eigenvalue weighted by Crippen LogP contribution is 2.32. The van der Waals surface area contributed by atoms with Gasteiger partial charge in [0.15, 0.2) is 0 Å². The maximum absolute atomic E-state index is 5.35. The molecule has 0 aliphatic carbocycles. The summed E-state index contributed by atoms with van der Waals surface area (Å²) in [4.78, 5) is 4.22. The summed E-state index contributed by atoms with van der Waals surface area (Å²) in [6.45, 7) is 1.61. The number of rotatable bonds is 2. The molecule has 1 saturated heterocycles. The summed E-state index contributed by atoms with van der Waals surface area (Å²) in [7, 11) is 1.65. The molecule has 0 spiro atoms. The third-order valence-corrected chi connectivity index (χ3v) is 2.84. The van der Waals surface area contributed by atoms with Crippen LogP contribution in [0.5, 0.6) is 5.88 Å². The monoisotopic (exact) mass is 257 g/mol. The smallest absolute Gasteiger partial charge is 0.216 e. The first-order valence-electron chi connectivity index (χ1n) is 4.58. The van der Waals surface area contributed by atoms with Gasteiger partial charge in [-0.05, 0) is 28.4 Å². The van der Waals surface area contributed by atoms with Gasteiger partial charge in [-0.15, -0.1) is 0 Å². The summed E-state index contributed by atoms with van der Waals surface area (Å²) in [5, 5.41) is 0. The van der Waals surface area contributed by atoms with Gasteiger partial charge in [0.25, 0.3) is 0 Å². The van der Waals surface area contributed by atoms with E-state index in [1.807, 2.05) is 0 Å². The van der Waals surface area contributed by atoms with Crippen molar-refractivity contribution in [3.63, 3.8) is 0 Å². The van der Waals surface area contributed by atoms with Gasteiger partial charge in [0.2, 0.25) is 5.88 Å². The lowest BCUT2D eigenvalue weighted by Gasteiger charge is -2.12. The third-order valence-electron chi connectivity index (χ3n) is 2.41. The summed E-state index contributed by atoms with van der Waals surface area (Å²) in [6, 6.07) is 2.06. The molecule has 0 N–H and O–H groups in total. The molecule has 0 bridgehead atoms. The average Bonchev–Trinajstić information content (AvgIpc) is 2.70. The second-order valence-electron chi connectivity index (χ2n) is 3.31. The van der Waals surface area contributed by atoms with Gasteiger partial charge in [-0.1, -0.05) is 0 Å². The van der Waals surface area contributed by atoms with E-state index in [2.05, 4.69) is 27.0 Å². The third kappa shape index (κ3) is 1.91. The van der Waals surface area contributed by atoms with E-state index in [1.54, 1.807) is 13.3 Å². The van der Waals surface area contributed by atoms with Crippen LogP contribution in [0.3, 0.4) is 0 Å². The van der Waals surface area contributed by atoms with Crippen molar-refractivity contribution in [3.05, 3.63) is 22.3 Å². The number of nitrogens with zero attached hydrogens (tertiary/aromatic N) is 1. The fourth-order valence-corrected chi connectivity index (χ4v) is 2.03. The van der Waals surface area contributed by atoms with Crippen LogP contribution in [0.15, 0.2) is 16.7 Å². The maximum Gasteiger partial charge on any atom is 0.216 e. The zero-order valence-electron chi connectivity index (χ0n) is 8.00.